The fourth-order valence-corrected chi connectivity index (χ4v) is 5.96. The van der Waals surface area contributed by atoms with Gasteiger partial charge in [0.15, 0.2) is 0 Å². The summed E-state index contributed by atoms with van der Waals surface area (Å²) in [6.45, 7) is 0.383. The van der Waals surface area contributed by atoms with Crippen LogP contribution in [0.2, 0.25) is 0 Å². The molecule has 1 aliphatic heterocycles. The number of carbonyl (C=O) groups excluding carboxylic acids is 1. The first kappa shape index (κ1) is 21.9. The van der Waals surface area contributed by atoms with Gasteiger partial charge in [-0.05, 0) is 43.4 Å². The van der Waals surface area contributed by atoms with Crippen LogP contribution in [-0.4, -0.2) is 69.6 Å². The Kier molecular flexibility index (Phi) is 7.09. The maximum absolute atomic E-state index is 13.0. The summed E-state index contributed by atoms with van der Waals surface area (Å²) < 4.78 is 35.6. The second-order valence-corrected chi connectivity index (χ2v) is 10.2. The number of aromatic nitrogens is 2. The van der Waals surface area contributed by atoms with E-state index in [1.807, 2.05) is 6.26 Å². The van der Waals surface area contributed by atoms with Crippen LogP contribution in [0.15, 0.2) is 23.1 Å². The van der Waals surface area contributed by atoms with E-state index in [2.05, 4.69) is 14.1 Å². The molecule has 158 valence electrons. The normalized spacial score (nSPS) is 17.3. The predicted octanol–water partition coefficient (Wildman–Crippen LogP) is 1.41. The third-order valence-electron chi connectivity index (χ3n) is 4.92. The topological polar surface area (TPSA) is 130 Å². The maximum Gasteiger partial charge on any atom is 0.326 e. The van der Waals surface area contributed by atoms with E-state index < -0.39 is 28.0 Å². The van der Waals surface area contributed by atoms with Crippen molar-refractivity contribution in [1.29, 1.82) is 0 Å². The van der Waals surface area contributed by atoms with Crippen LogP contribution in [0.3, 0.4) is 0 Å². The number of fused-ring (bicyclic) bond motifs is 1. The van der Waals surface area contributed by atoms with E-state index in [1.165, 1.54) is 22.1 Å². The van der Waals surface area contributed by atoms with Crippen LogP contribution in [0.4, 0.5) is 0 Å². The summed E-state index contributed by atoms with van der Waals surface area (Å²) in [6, 6.07) is 3.94. The fourth-order valence-electron chi connectivity index (χ4n) is 3.27. The van der Waals surface area contributed by atoms with E-state index in [1.54, 1.807) is 12.1 Å². The van der Waals surface area contributed by atoms with Crippen LogP contribution < -0.4 is 5.32 Å². The number of rotatable bonds is 8. The summed E-state index contributed by atoms with van der Waals surface area (Å²) in [7, 11) is -3.75. The predicted molar refractivity (Wildman–Crippen MR) is 111 cm³/mol. The van der Waals surface area contributed by atoms with Crippen molar-refractivity contribution in [2.45, 2.75) is 30.2 Å². The highest BCUT2D eigenvalue weighted by Gasteiger charge is 2.34. The van der Waals surface area contributed by atoms with E-state index in [4.69, 9.17) is 0 Å². The average Bonchev–Trinajstić information content (AvgIpc) is 3.19. The third kappa shape index (κ3) is 4.87. The largest absolute Gasteiger partial charge is 0.480 e. The molecule has 1 saturated heterocycles. The summed E-state index contributed by atoms with van der Waals surface area (Å²) in [6.07, 6.45) is 2.90. The standard InChI is InChI=1S/C17H22N4O5S3/c1-27-10-7-13(17(23)24)18-16(22)11-5-8-21(9-6-11)29(25,26)14-4-2-3-12-15(14)20-28-19-12/h2-4,11,13H,5-10H2,1H3,(H,18,22)(H,23,24). The molecule has 1 atom stereocenters. The number of nitrogens with one attached hydrogen (secondary N) is 1. The molecule has 1 aromatic carbocycles. The van der Waals surface area contributed by atoms with Crippen molar-refractivity contribution >= 4 is 56.4 Å². The van der Waals surface area contributed by atoms with Gasteiger partial charge in [-0.1, -0.05) is 6.07 Å². The van der Waals surface area contributed by atoms with Crippen LogP contribution in [0.1, 0.15) is 19.3 Å². The summed E-state index contributed by atoms with van der Waals surface area (Å²) in [5.74, 6) is -1.17. The molecule has 1 fully saturated rings. The van der Waals surface area contributed by atoms with Gasteiger partial charge in [0.1, 0.15) is 22.0 Å². The van der Waals surface area contributed by atoms with Crippen molar-refractivity contribution < 1.29 is 23.1 Å². The van der Waals surface area contributed by atoms with Crippen molar-refractivity contribution in [1.82, 2.24) is 18.4 Å². The third-order valence-corrected chi connectivity index (χ3v) is 8.03. The van der Waals surface area contributed by atoms with E-state index in [0.717, 1.165) is 11.7 Å². The Labute approximate surface area is 177 Å². The van der Waals surface area contributed by atoms with Crippen LogP contribution >= 0.6 is 23.5 Å². The molecular formula is C17H22N4O5S3. The van der Waals surface area contributed by atoms with Gasteiger partial charge in [-0.2, -0.15) is 24.8 Å². The summed E-state index contributed by atoms with van der Waals surface area (Å²) in [5.41, 5.74) is 0.894. The Bertz CT molecular complexity index is 986. The second kappa shape index (κ2) is 9.37. The molecule has 0 bridgehead atoms. The first-order chi connectivity index (χ1) is 13.8. The summed E-state index contributed by atoms with van der Waals surface area (Å²) in [4.78, 5) is 23.9. The monoisotopic (exact) mass is 458 g/mol. The molecule has 2 aromatic rings. The molecule has 0 spiro atoms. The average molecular weight is 459 g/mol. The Morgan fingerprint density at radius 2 is 2.07 bits per heavy atom. The van der Waals surface area contributed by atoms with Gasteiger partial charge in [0.05, 0.1) is 11.7 Å². The van der Waals surface area contributed by atoms with Crippen molar-refractivity contribution in [3.05, 3.63) is 18.2 Å². The SMILES string of the molecule is CSCCC(NC(=O)C1CCN(S(=O)(=O)c2cccc3nsnc23)CC1)C(=O)O. The molecule has 0 saturated carbocycles. The van der Waals surface area contributed by atoms with Crippen LogP contribution in [0.25, 0.3) is 11.0 Å². The van der Waals surface area contributed by atoms with Gasteiger partial charge >= 0.3 is 5.97 Å². The Morgan fingerprint density at radius 3 is 2.72 bits per heavy atom. The zero-order valence-corrected chi connectivity index (χ0v) is 18.2. The van der Waals surface area contributed by atoms with E-state index in [0.29, 0.717) is 36.0 Å². The maximum atomic E-state index is 13.0. The molecule has 1 unspecified atom stereocenters. The number of carbonyl (C=O) groups is 2. The van der Waals surface area contributed by atoms with Crippen molar-refractivity contribution in [2.75, 3.05) is 25.1 Å². The minimum absolute atomic E-state index is 0.120. The zero-order valence-electron chi connectivity index (χ0n) is 15.8. The zero-order chi connectivity index (χ0) is 21.0. The molecule has 1 aliphatic rings. The molecule has 1 amide bonds. The summed E-state index contributed by atoms with van der Waals surface area (Å²) >= 11 is 2.48. The number of nitrogens with zero attached hydrogens (tertiary/aromatic N) is 3. The number of amides is 1. The lowest BCUT2D eigenvalue weighted by atomic mass is 9.96. The number of hydrogen-bond acceptors (Lipinski definition) is 8. The lowest BCUT2D eigenvalue weighted by Crippen LogP contribution is -2.47. The van der Waals surface area contributed by atoms with Crippen molar-refractivity contribution in [2.24, 2.45) is 5.92 Å². The van der Waals surface area contributed by atoms with Gasteiger partial charge < -0.3 is 10.4 Å². The molecule has 0 radical (unpaired) electrons. The molecule has 9 nitrogen and oxygen atoms in total. The first-order valence-corrected chi connectivity index (χ1v) is 12.6. The van der Waals surface area contributed by atoms with Crippen molar-refractivity contribution in [3.63, 3.8) is 0 Å². The molecule has 3 rings (SSSR count). The highest BCUT2D eigenvalue weighted by molar-refractivity contribution is 7.98. The van der Waals surface area contributed by atoms with Gasteiger partial charge in [-0.3, -0.25) is 4.79 Å². The first-order valence-electron chi connectivity index (χ1n) is 9.08. The molecule has 1 aromatic heterocycles. The Hall–Kier alpha value is -1.76. The van der Waals surface area contributed by atoms with Gasteiger partial charge in [-0.15, -0.1) is 0 Å². The van der Waals surface area contributed by atoms with Gasteiger partial charge in [0.2, 0.25) is 15.9 Å². The van der Waals surface area contributed by atoms with Crippen LogP contribution in [0, 0.1) is 5.92 Å². The lowest BCUT2D eigenvalue weighted by Gasteiger charge is -2.31. The van der Waals surface area contributed by atoms with Gasteiger partial charge in [0, 0.05) is 19.0 Å². The number of aliphatic carboxylic acids is 1. The van der Waals surface area contributed by atoms with Crippen LogP contribution in [-0.2, 0) is 19.6 Å². The number of sulfonamides is 1. The second-order valence-electron chi connectivity index (χ2n) is 6.75. The van der Waals surface area contributed by atoms with Crippen molar-refractivity contribution in [3.8, 4) is 0 Å². The van der Waals surface area contributed by atoms with E-state index in [-0.39, 0.29) is 23.9 Å². The molecule has 12 heteroatoms. The Morgan fingerprint density at radius 1 is 1.34 bits per heavy atom. The van der Waals surface area contributed by atoms with E-state index >= 15 is 0 Å². The minimum atomic E-state index is -3.75. The van der Waals surface area contributed by atoms with Crippen LogP contribution in [0.5, 0.6) is 0 Å². The molecule has 0 aliphatic carbocycles. The highest BCUT2D eigenvalue weighted by Crippen LogP contribution is 2.28. The molecule has 2 N–H and O–H groups in total. The molecular weight excluding hydrogens is 436 g/mol. The number of hydrogen-bond donors (Lipinski definition) is 2. The number of carboxylic acids is 1. The summed E-state index contributed by atoms with van der Waals surface area (Å²) in [5, 5.41) is 11.9. The number of benzene rings is 1. The number of carboxylic acid groups (broad SMARTS) is 1. The Balaban J connectivity index is 1.64. The fraction of sp³-hybridized carbons (Fsp3) is 0.529. The van der Waals surface area contributed by atoms with Gasteiger partial charge in [0.25, 0.3) is 0 Å². The quantitative estimate of drug-likeness (QED) is 0.607. The smallest absolute Gasteiger partial charge is 0.326 e. The van der Waals surface area contributed by atoms with Gasteiger partial charge in [-0.25, -0.2) is 13.2 Å². The number of piperidine rings is 1. The molecule has 29 heavy (non-hydrogen) atoms. The molecule has 2 heterocycles. The number of thioether (sulfide) groups is 1. The highest BCUT2D eigenvalue weighted by atomic mass is 32.2. The lowest BCUT2D eigenvalue weighted by molar-refractivity contribution is -0.142. The van der Waals surface area contributed by atoms with E-state index in [9.17, 15) is 23.1 Å². The minimum Gasteiger partial charge on any atom is -0.480 e.